The lowest BCUT2D eigenvalue weighted by Crippen LogP contribution is -2.83. The number of methoxy groups -OCH3 is 3. The molecule has 2 spiro atoms. The zero-order chi connectivity index (χ0) is 29.5. The zero-order valence-corrected chi connectivity index (χ0v) is 24.1. The van der Waals surface area contributed by atoms with Gasteiger partial charge in [-0.15, -0.1) is 0 Å². The monoisotopic (exact) mass is 566 g/mol. The summed E-state index contributed by atoms with van der Waals surface area (Å²) < 4.78 is 28.3. The van der Waals surface area contributed by atoms with Gasteiger partial charge in [0, 0.05) is 23.3 Å². The van der Waals surface area contributed by atoms with Crippen molar-refractivity contribution < 1.29 is 43.5 Å². The molecular formula is C32H38O9. The van der Waals surface area contributed by atoms with Crippen LogP contribution < -0.4 is 14.2 Å². The number of fused-ring (bicyclic) bond motifs is 2. The second kappa shape index (κ2) is 9.18. The van der Waals surface area contributed by atoms with Crippen molar-refractivity contribution in [3.05, 3.63) is 48.1 Å². The lowest BCUT2D eigenvalue weighted by atomic mass is 9.37. The Morgan fingerprint density at radius 1 is 1.12 bits per heavy atom. The van der Waals surface area contributed by atoms with Crippen LogP contribution in [-0.4, -0.2) is 67.9 Å². The average molecular weight is 567 g/mol. The van der Waals surface area contributed by atoms with E-state index in [2.05, 4.69) is 32.6 Å². The maximum absolute atomic E-state index is 14.2. The third-order valence-electron chi connectivity index (χ3n) is 10.6. The smallest absolute Gasteiger partial charge is 0.331 e. The van der Waals surface area contributed by atoms with Crippen molar-refractivity contribution in [2.45, 2.75) is 51.1 Å². The Morgan fingerprint density at radius 2 is 1.80 bits per heavy atom. The van der Waals surface area contributed by atoms with Gasteiger partial charge < -0.3 is 33.9 Å². The summed E-state index contributed by atoms with van der Waals surface area (Å²) in [6, 6.07) is 3.39. The molecule has 220 valence electrons. The first-order valence-electron chi connectivity index (χ1n) is 14.1. The van der Waals surface area contributed by atoms with E-state index in [4.69, 9.17) is 23.7 Å². The Bertz CT molecular complexity index is 1350. The molecule has 1 aromatic carbocycles. The number of Topliss-reactive ketones (excluding diaryl/α,β-unsaturated/α-hetero) is 1. The van der Waals surface area contributed by atoms with E-state index in [0.717, 1.165) is 6.42 Å². The highest BCUT2D eigenvalue weighted by molar-refractivity contribution is 6.05. The molecule has 0 aromatic heterocycles. The van der Waals surface area contributed by atoms with Gasteiger partial charge in [0.25, 0.3) is 0 Å². The van der Waals surface area contributed by atoms with E-state index in [9.17, 15) is 19.8 Å². The molecule has 9 nitrogen and oxygen atoms in total. The summed E-state index contributed by atoms with van der Waals surface area (Å²) in [5, 5.41) is 24.1. The van der Waals surface area contributed by atoms with Gasteiger partial charge in [0.1, 0.15) is 17.6 Å². The fraction of sp³-hybridized carbons (Fsp3) is 0.562. The van der Waals surface area contributed by atoms with Crippen LogP contribution in [0.3, 0.4) is 0 Å². The highest BCUT2D eigenvalue weighted by Crippen LogP contribution is 2.75. The number of aliphatic hydroxyl groups excluding tert-OH is 1. The standard InChI is InChI=1S/C32H38O9/c1-17-19-9-10-22-30-13-7-12-29(2,3)25(30)27(35)32(36,40-16-30)31(22,26(17)34)28(19)41-23(33)11-8-18-14-20(37-4)24(39-6)21(15-18)38-5/h7-8,11,13-15,19,22,25,27-28,35-36H,1,9-10,12,16H2,2-6H3/b11-8+/t19-,22-,25+,27-,28+,30+,31-,32-/m0/s1. The van der Waals surface area contributed by atoms with Crippen molar-refractivity contribution >= 4 is 17.8 Å². The molecule has 7 rings (SSSR count). The van der Waals surface area contributed by atoms with Crippen LogP contribution in [-0.2, 0) is 19.1 Å². The molecular weight excluding hydrogens is 528 g/mol. The van der Waals surface area contributed by atoms with Gasteiger partial charge in [-0.25, -0.2) is 4.79 Å². The molecule has 0 amide bonds. The van der Waals surface area contributed by atoms with E-state index in [1.165, 1.54) is 27.4 Å². The Morgan fingerprint density at radius 3 is 2.44 bits per heavy atom. The van der Waals surface area contributed by atoms with Gasteiger partial charge in [0.05, 0.1) is 27.9 Å². The van der Waals surface area contributed by atoms with Crippen LogP contribution in [0, 0.1) is 34.0 Å². The summed E-state index contributed by atoms with van der Waals surface area (Å²) >= 11 is 0. The number of benzene rings is 1. The number of esters is 1. The molecule has 2 aliphatic heterocycles. The van der Waals surface area contributed by atoms with Crippen molar-refractivity contribution in [1.29, 1.82) is 0 Å². The molecule has 2 heterocycles. The fourth-order valence-corrected chi connectivity index (χ4v) is 9.07. The maximum atomic E-state index is 14.2. The molecule has 4 bridgehead atoms. The number of carbonyl (C=O) groups excluding carboxylic acids is 2. The molecule has 41 heavy (non-hydrogen) atoms. The summed E-state index contributed by atoms with van der Waals surface area (Å²) in [7, 11) is 4.51. The predicted octanol–water partition coefficient (Wildman–Crippen LogP) is 3.47. The number of rotatable bonds is 6. The van der Waals surface area contributed by atoms with Crippen molar-refractivity contribution in [2.24, 2.45) is 34.0 Å². The lowest BCUT2D eigenvalue weighted by Gasteiger charge is -2.72. The highest BCUT2D eigenvalue weighted by Gasteiger charge is 2.86. The first-order chi connectivity index (χ1) is 19.4. The van der Waals surface area contributed by atoms with Crippen LogP contribution in [0.1, 0.15) is 38.7 Å². The maximum Gasteiger partial charge on any atom is 0.331 e. The summed E-state index contributed by atoms with van der Waals surface area (Å²) in [4.78, 5) is 27.5. The number of carbonyl (C=O) groups is 2. The predicted molar refractivity (Wildman–Crippen MR) is 148 cm³/mol. The van der Waals surface area contributed by atoms with Crippen molar-refractivity contribution in [3.63, 3.8) is 0 Å². The molecule has 8 atom stereocenters. The molecule has 9 heteroatoms. The first kappa shape index (κ1) is 28.0. The Balaban J connectivity index is 1.38. The van der Waals surface area contributed by atoms with Crippen molar-refractivity contribution in [3.8, 4) is 17.2 Å². The summed E-state index contributed by atoms with van der Waals surface area (Å²) in [5.74, 6) is -3.21. The highest BCUT2D eigenvalue weighted by atomic mass is 16.6. The Kier molecular flexibility index (Phi) is 6.27. The van der Waals surface area contributed by atoms with Gasteiger partial charge in [-0.1, -0.05) is 32.6 Å². The second-order valence-electron chi connectivity index (χ2n) is 12.7. The molecule has 0 radical (unpaired) electrons. The molecule has 6 aliphatic rings. The quantitative estimate of drug-likeness (QED) is 0.303. The van der Waals surface area contributed by atoms with Crippen LogP contribution in [0.25, 0.3) is 6.08 Å². The first-order valence-corrected chi connectivity index (χ1v) is 14.1. The van der Waals surface area contributed by atoms with E-state index in [1.54, 1.807) is 18.2 Å². The third kappa shape index (κ3) is 3.40. The average Bonchev–Trinajstić information content (AvgIpc) is 3.05. The second-order valence-corrected chi connectivity index (χ2v) is 12.7. The zero-order valence-electron chi connectivity index (χ0n) is 24.1. The van der Waals surface area contributed by atoms with Gasteiger partial charge >= 0.3 is 5.97 Å². The minimum absolute atomic E-state index is 0.184. The molecule has 3 saturated carbocycles. The summed E-state index contributed by atoms with van der Waals surface area (Å²) in [6.45, 7) is 8.42. The van der Waals surface area contributed by atoms with E-state index in [1.807, 2.05) is 0 Å². The molecule has 4 aliphatic carbocycles. The number of aliphatic hydroxyl groups is 2. The van der Waals surface area contributed by atoms with Crippen molar-refractivity contribution in [2.75, 3.05) is 27.9 Å². The van der Waals surface area contributed by atoms with E-state index >= 15 is 0 Å². The van der Waals surface area contributed by atoms with E-state index in [0.29, 0.717) is 41.2 Å². The van der Waals surface area contributed by atoms with Crippen LogP contribution >= 0.6 is 0 Å². The van der Waals surface area contributed by atoms with Gasteiger partial charge in [-0.3, -0.25) is 4.79 Å². The fourth-order valence-electron chi connectivity index (χ4n) is 9.07. The molecule has 2 saturated heterocycles. The number of hydrogen-bond acceptors (Lipinski definition) is 9. The van der Waals surface area contributed by atoms with Crippen LogP contribution in [0.15, 0.2) is 42.5 Å². The number of ketones is 1. The minimum Gasteiger partial charge on any atom is -0.493 e. The van der Waals surface area contributed by atoms with Crippen molar-refractivity contribution in [1.82, 2.24) is 0 Å². The Hall–Kier alpha value is -3.14. The largest absolute Gasteiger partial charge is 0.493 e. The summed E-state index contributed by atoms with van der Waals surface area (Å²) in [5.41, 5.74) is -1.77. The van der Waals surface area contributed by atoms with E-state index < -0.39 is 46.6 Å². The lowest BCUT2D eigenvalue weighted by molar-refractivity contribution is -0.436. The molecule has 0 unspecified atom stereocenters. The summed E-state index contributed by atoms with van der Waals surface area (Å²) in [6.07, 6.45) is 6.55. The topological polar surface area (TPSA) is 121 Å². The van der Waals surface area contributed by atoms with Gasteiger partial charge in [-0.05, 0) is 59.9 Å². The van der Waals surface area contributed by atoms with Crippen LogP contribution in [0.4, 0.5) is 0 Å². The molecule has 5 fully saturated rings. The van der Waals surface area contributed by atoms with Crippen LogP contribution in [0.5, 0.6) is 17.2 Å². The van der Waals surface area contributed by atoms with Gasteiger partial charge in [-0.2, -0.15) is 0 Å². The van der Waals surface area contributed by atoms with Gasteiger partial charge in [0.2, 0.25) is 11.5 Å². The minimum atomic E-state index is -2.22. The Labute approximate surface area is 239 Å². The molecule has 1 aromatic rings. The number of allylic oxidation sites excluding steroid dienone is 1. The van der Waals surface area contributed by atoms with Crippen LogP contribution in [0.2, 0.25) is 0 Å². The number of hydrogen-bond donors (Lipinski definition) is 2. The number of ether oxygens (including phenoxy) is 5. The molecule has 2 N–H and O–H groups in total. The third-order valence-corrected chi connectivity index (χ3v) is 10.6. The SMILES string of the molecule is C=C1C(=O)[C@]23[C@H](OC(=O)/C=C/c4cc(OC)c(OC)c(OC)c4)[C@H]1CC[C@H]2[C@]12C=CCC(C)(C)[C@H]1[C@H](O)[C@]3(O)OC2. The van der Waals surface area contributed by atoms with Gasteiger partial charge in [0.15, 0.2) is 17.3 Å². The normalized spacial score (nSPS) is 39.8. The van der Waals surface area contributed by atoms with E-state index in [-0.39, 0.29) is 23.7 Å².